The van der Waals surface area contributed by atoms with E-state index >= 15 is 0 Å². The van der Waals surface area contributed by atoms with Gasteiger partial charge in [-0.25, -0.2) is 4.98 Å². The summed E-state index contributed by atoms with van der Waals surface area (Å²) in [5.74, 6) is 0.922. The largest absolute Gasteiger partial charge is 0.349 e. The van der Waals surface area contributed by atoms with Crippen molar-refractivity contribution in [2.24, 2.45) is 0 Å². The Labute approximate surface area is 157 Å². The number of anilines is 1. The lowest BCUT2D eigenvalue weighted by molar-refractivity contribution is 0.477. The summed E-state index contributed by atoms with van der Waals surface area (Å²) in [6.45, 7) is 0. The van der Waals surface area contributed by atoms with Crippen LogP contribution >= 0.6 is 11.6 Å². The van der Waals surface area contributed by atoms with E-state index < -0.39 is 0 Å². The normalized spacial score (nSPS) is 19.1. The van der Waals surface area contributed by atoms with Crippen LogP contribution in [0.1, 0.15) is 29.6 Å². The predicted molar refractivity (Wildman–Crippen MR) is 107 cm³/mol. The molecule has 0 fully saturated rings. The average Bonchev–Trinajstić information content (AvgIpc) is 3.07. The van der Waals surface area contributed by atoms with Gasteiger partial charge in [0, 0.05) is 5.02 Å². The van der Waals surface area contributed by atoms with Crippen molar-refractivity contribution in [1.29, 1.82) is 0 Å². The summed E-state index contributed by atoms with van der Waals surface area (Å²) in [5, 5.41) is 4.39. The Kier molecular flexibility index (Phi) is 3.68. The third-order valence-corrected chi connectivity index (χ3v) is 5.38. The lowest BCUT2D eigenvalue weighted by atomic mass is 9.93. The minimum Gasteiger partial charge on any atom is -0.349 e. The summed E-state index contributed by atoms with van der Waals surface area (Å²) < 4.78 is 2.33. The van der Waals surface area contributed by atoms with E-state index in [2.05, 4.69) is 70.5 Å². The molecule has 2 atom stereocenters. The van der Waals surface area contributed by atoms with Gasteiger partial charge in [-0.05, 0) is 41.8 Å². The molecule has 1 N–H and O–H groups in total. The Morgan fingerprint density at radius 2 is 1.58 bits per heavy atom. The van der Waals surface area contributed by atoms with Crippen molar-refractivity contribution < 1.29 is 0 Å². The lowest BCUT2D eigenvalue weighted by Crippen LogP contribution is -2.27. The maximum Gasteiger partial charge on any atom is 0.204 e. The van der Waals surface area contributed by atoms with E-state index in [1.807, 2.05) is 18.2 Å². The standard InChI is InChI=1S/C22H18ClN3/c23-17-12-10-15(11-13-17)19-14-21(16-6-2-1-3-7-16)26-20-9-5-4-8-18(20)24-22(26)25-19/h1-13,19,21H,14H2,(H,24,25)/t19-,21+/m1/s1. The zero-order valence-corrected chi connectivity index (χ0v) is 14.9. The number of imidazole rings is 1. The van der Waals surface area contributed by atoms with Gasteiger partial charge in [0.05, 0.1) is 23.1 Å². The summed E-state index contributed by atoms with van der Waals surface area (Å²) in [6, 6.07) is 27.5. The third-order valence-electron chi connectivity index (χ3n) is 5.13. The molecule has 0 saturated heterocycles. The van der Waals surface area contributed by atoms with Crippen LogP contribution in [0.15, 0.2) is 78.9 Å². The second kappa shape index (κ2) is 6.19. The van der Waals surface area contributed by atoms with Crippen LogP contribution in [-0.4, -0.2) is 9.55 Å². The Balaban J connectivity index is 1.66. The summed E-state index contributed by atoms with van der Waals surface area (Å²) in [4.78, 5) is 4.85. The molecule has 0 unspecified atom stereocenters. The molecule has 2 heterocycles. The van der Waals surface area contributed by atoms with Crippen LogP contribution in [0, 0.1) is 0 Å². The minimum atomic E-state index is 0.196. The fourth-order valence-electron chi connectivity index (χ4n) is 3.88. The first kappa shape index (κ1) is 15.5. The maximum atomic E-state index is 6.07. The number of nitrogens with one attached hydrogen (secondary N) is 1. The van der Waals surface area contributed by atoms with E-state index in [-0.39, 0.29) is 12.1 Å². The van der Waals surface area contributed by atoms with E-state index in [4.69, 9.17) is 16.6 Å². The number of benzene rings is 3. The van der Waals surface area contributed by atoms with Crippen LogP contribution in [-0.2, 0) is 0 Å². The zero-order chi connectivity index (χ0) is 17.5. The molecule has 0 saturated carbocycles. The molecule has 0 bridgehead atoms. The van der Waals surface area contributed by atoms with Crippen molar-refractivity contribution in [2.45, 2.75) is 18.5 Å². The van der Waals surface area contributed by atoms with Crippen molar-refractivity contribution in [3.63, 3.8) is 0 Å². The van der Waals surface area contributed by atoms with Gasteiger partial charge in [0.2, 0.25) is 5.95 Å². The van der Waals surface area contributed by atoms with Crippen molar-refractivity contribution in [3.8, 4) is 0 Å². The summed E-state index contributed by atoms with van der Waals surface area (Å²) >= 11 is 6.07. The van der Waals surface area contributed by atoms with Gasteiger partial charge < -0.3 is 9.88 Å². The quantitative estimate of drug-likeness (QED) is 0.487. The van der Waals surface area contributed by atoms with Crippen molar-refractivity contribution in [1.82, 2.24) is 9.55 Å². The fraction of sp³-hybridized carbons (Fsp3) is 0.136. The van der Waals surface area contributed by atoms with Crippen LogP contribution in [0.3, 0.4) is 0 Å². The third kappa shape index (κ3) is 2.56. The molecular weight excluding hydrogens is 342 g/mol. The molecule has 128 valence electrons. The molecule has 26 heavy (non-hydrogen) atoms. The van der Waals surface area contributed by atoms with Crippen LogP contribution in [0.2, 0.25) is 5.02 Å². The highest BCUT2D eigenvalue weighted by Gasteiger charge is 2.30. The first-order valence-electron chi connectivity index (χ1n) is 8.83. The molecule has 4 aromatic rings. The summed E-state index contributed by atoms with van der Waals surface area (Å²) in [5.41, 5.74) is 4.72. The molecular formula is C22H18ClN3. The predicted octanol–water partition coefficient (Wildman–Crippen LogP) is 5.84. The molecule has 0 radical (unpaired) electrons. The SMILES string of the molecule is Clc1ccc([C@H]2C[C@@H](c3ccccc3)n3c(nc4ccccc43)N2)cc1. The fourth-order valence-corrected chi connectivity index (χ4v) is 4.01. The van der Waals surface area contributed by atoms with Crippen molar-refractivity contribution in [2.75, 3.05) is 5.32 Å². The van der Waals surface area contributed by atoms with Gasteiger partial charge in [-0.3, -0.25) is 0 Å². The number of nitrogens with zero attached hydrogens (tertiary/aromatic N) is 2. The van der Waals surface area contributed by atoms with Gasteiger partial charge in [0.25, 0.3) is 0 Å². The second-order valence-corrected chi connectivity index (χ2v) is 7.14. The highest BCUT2D eigenvalue weighted by atomic mass is 35.5. The van der Waals surface area contributed by atoms with Gasteiger partial charge in [0.15, 0.2) is 0 Å². The second-order valence-electron chi connectivity index (χ2n) is 6.70. The number of halogens is 1. The first-order chi connectivity index (χ1) is 12.8. The van der Waals surface area contributed by atoms with Crippen molar-refractivity contribution >= 4 is 28.6 Å². The van der Waals surface area contributed by atoms with Gasteiger partial charge in [-0.2, -0.15) is 0 Å². The molecule has 0 amide bonds. The molecule has 5 rings (SSSR count). The summed E-state index contributed by atoms with van der Waals surface area (Å²) in [7, 11) is 0. The summed E-state index contributed by atoms with van der Waals surface area (Å²) in [6.07, 6.45) is 0.957. The smallest absolute Gasteiger partial charge is 0.204 e. The van der Waals surface area contributed by atoms with E-state index in [9.17, 15) is 0 Å². The van der Waals surface area contributed by atoms with Crippen molar-refractivity contribution in [3.05, 3.63) is 95.0 Å². The molecule has 1 aliphatic rings. The molecule has 0 aliphatic carbocycles. The van der Waals surface area contributed by atoms with E-state index in [0.29, 0.717) is 0 Å². The Hall–Kier alpha value is -2.78. The topological polar surface area (TPSA) is 29.9 Å². The maximum absolute atomic E-state index is 6.07. The van der Waals surface area contributed by atoms with Gasteiger partial charge >= 0.3 is 0 Å². The highest BCUT2D eigenvalue weighted by molar-refractivity contribution is 6.30. The number of hydrogen-bond acceptors (Lipinski definition) is 2. The number of fused-ring (bicyclic) bond motifs is 3. The number of hydrogen-bond donors (Lipinski definition) is 1. The van der Waals surface area contributed by atoms with Gasteiger partial charge in [-0.1, -0.05) is 66.2 Å². The van der Waals surface area contributed by atoms with Gasteiger partial charge in [-0.15, -0.1) is 0 Å². The number of para-hydroxylation sites is 2. The van der Waals surface area contributed by atoms with Crippen LogP contribution in [0.25, 0.3) is 11.0 Å². The first-order valence-corrected chi connectivity index (χ1v) is 9.21. The van der Waals surface area contributed by atoms with E-state index in [1.165, 1.54) is 16.6 Å². The molecule has 3 nitrogen and oxygen atoms in total. The van der Waals surface area contributed by atoms with Gasteiger partial charge in [0.1, 0.15) is 0 Å². The van der Waals surface area contributed by atoms with Crippen LogP contribution in [0.4, 0.5) is 5.95 Å². The molecule has 4 heteroatoms. The Morgan fingerprint density at radius 3 is 2.38 bits per heavy atom. The highest BCUT2D eigenvalue weighted by Crippen LogP contribution is 2.41. The number of aromatic nitrogens is 2. The molecule has 3 aromatic carbocycles. The molecule has 0 spiro atoms. The Bertz CT molecular complexity index is 1050. The van der Waals surface area contributed by atoms with E-state index in [1.54, 1.807) is 0 Å². The number of rotatable bonds is 2. The lowest BCUT2D eigenvalue weighted by Gasteiger charge is -2.33. The Morgan fingerprint density at radius 1 is 0.846 bits per heavy atom. The van der Waals surface area contributed by atoms with Crippen LogP contribution in [0.5, 0.6) is 0 Å². The monoisotopic (exact) mass is 359 g/mol. The average molecular weight is 360 g/mol. The molecule has 1 aromatic heterocycles. The molecule has 1 aliphatic heterocycles. The minimum absolute atomic E-state index is 0.196. The zero-order valence-electron chi connectivity index (χ0n) is 14.1. The van der Waals surface area contributed by atoms with Crippen LogP contribution < -0.4 is 5.32 Å². The van der Waals surface area contributed by atoms with E-state index in [0.717, 1.165) is 22.9 Å².